The quantitative estimate of drug-likeness (QED) is 0.332. The van der Waals surface area contributed by atoms with Gasteiger partial charge in [-0.2, -0.15) is 4.98 Å². The fourth-order valence-electron chi connectivity index (χ4n) is 5.07. The Bertz CT molecular complexity index is 1650. The summed E-state index contributed by atoms with van der Waals surface area (Å²) in [7, 11) is 3.13. The van der Waals surface area contributed by atoms with Gasteiger partial charge >= 0.3 is 5.69 Å². The Hall–Kier alpha value is -3.63. The molecule has 40 heavy (non-hydrogen) atoms. The number of hydrogen-bond donors (Lipinski definition) is 1. The normalized spacial score (nSPS) is 13.7. The van der Waals surface area contributed by atoms with Gasteiger partial charge in [-0.25, -0.2) is 4.79 Å². The van der Waals surface area contributed by atoms with Gasteiger partial charge in [0.25, 0.3) is 5.56 Å². The van der Waals surface area contributed by atoms with Crippen molar-refractivity contribution in [1.82, 2.24) is 23.6 Å². The van der Waals surface area contributed by atoms with E-state index in [2.05, 4.69) is 46.3 Å². The Kier molecular flexibility index (Phi) is 8.27. The zero-order valence-electron chi connectivity index (χ0n) is 23.1. The zero-order valence-corrected chi connectivity index (χ0v) is 24.6. The van der Waals surface area contributed by atoms with E-state index in [-0.39, 0.29) is 5.56 Å². The van der Waals surface area contributed by atoms with Crippen molar-refractivity contribution >= 4 is 51.7 Å². The van der Waals surface area contributed by atoms with Crippen LogP contribution in [-0.2, 0) is 27.1 Å². The SMILES string of the molecule is CCCCc1ccc(NC(=S)N2CCN(c3nc4c(c(=O)n(C)c(=O)n4C)n3Cc3ccccc3Cl)CC2)cc1. The summed E-state index contributed by atoms with van der Waals surface area (Å²) in [6, 6.07) is 16.0. The fourth-order valence-corrected chi connectivity index (χ4v) is 5.57. The van der Waals surface area contributed by atoms with Gasteiger partial charge in [0, 0.05) is 51.0 Å². The predicted octanol–water partition coefficient (Wildman–Crippen LogP) is 4.00. The molecule has 1 fully saturated rings. The number of aryl methyl sites for hydroxylation is 2. The molecule has 0 spiro atoms. The van der Waals surface area contributed by atoms with Crippen LogP contribution in [0, 0.1) is 0 Å². The summed E-state index contributed by atoms with van der Waals surface area (Å²) < 4.78 is 4.42. The van der Waals surface area contributed by atoms with E-state index in [1.165, 1.54) is 30.0 Å². The van der Waals surface area contributed by atoms with Crippen LogP contribution in [0.5, 0.6) is 0 Å². The third kappa shape index (κ3) is 5.51. The molecule has 0 radical (unpaired) electrons. The second-order valence-corrected chi connectivity index (χ2v) is 11.0. The summed E-state index contributed by atoms with van der Waals surface area (Å²) in [5.41, 5.74) is 3.12. The molecule has 0 aliphatic carbocycles. The molecule has 0 bridgehead atoms. The minimum absolute atomic E-state index is 0.355. The van der Waals surface area contributed by atoms with Crippen LogP contribution in [0.3, 0.4) is 0 Å². The van der Waals surface area contributed by atoms with Crippen LogP contribution in [0.4, 0.5) is 11.6 Å². The molecular formula is C29H34ClN7O2S. The number of nitrogens with zero attached hydrogens (tertiary/aromatic N) is 6. The van der Waals surface area contributed by atoms with Crippen molar-refractivity contribution in [2.45, 2.75) is 32.7 Å². The van der Waals surface area contributed by atoms with Crippen molar-refractivity contribution in [2.75, 3.05) is 36.4 Å². The molecular weight excluding hydrogens is 546 g/mol. The lowest BCUT2D eigenvalue weighted by molar-refractivity contribution is 0.386. The van der Waals surface area contributed by atoms with Crippen LogP contribution in [-0.4, -0.2) is 54.9 Å². The molecule has 0 atom stereocenters. The van der Waals surface area contributed by atoms with Gasteiger partial charge in [-0.3, -0.25) is 18.5 Å². The maximum absolute atomic E-state index is 13.3. The Morgan fingerprint density at radius 1 is 1.00 bits per heavy atom. The minimum atomic E-state index is -0.411. The van der Waals surface area contributed by atoms with E-state index in [1.54, 1.807) is 7.05 Å². The van der Waals surface area contributed by atoms with Gasteiger partial charge in [-0.05, 0) is 54.4 Å². The molecule has 0 amide bonds. The molecule has 3 heterocycles. The molecule has 9 nitrogen and oxygen atoms in total. The number of rotatable bonds is 7. The molecule has 0 saturated carbocycles. The number of fused-ring (bicyclic) bond motifs is 1. The summed E-state index contributed by atoms with van der Waals surface area (Å²) in [5, 5.41) is 4.66. The van der Waals surface area contributed by atoms with Gasteiger partial charge in [-0.1, -0.05) is 55.3 Å². The first-order valence-electron chi connectivity index (χ1n) is 13.6. The van der Waals surface area contributed by atoms with Gasteiger partial charge in [0.1, 0.15) is 0 Å². The molecule has 2 aromatic heterocycles. The van der Waals surface area contributed by atoms with Crippen molar-refractivity contribution < 1.29 is 0 Å². The molecule has 4 aromatic rings. The molecule has 1 aliphatic rings. The highest BCUT2D eigenvalue weighted by atomic mass is 35.5. The molecule has 1 saturated heterocycles. The highest BCUT2D eigenvalue weighted by Gasteiger charge is 2.27. The molecule has 0 unspecified atom stereocenters. The molecule has 2 aromatic carbocycles. The number of unbranched alkanes of at least 4 members (excludes halogenated alkanes) is 1. The number of hydrogen-bond acceptors (Lipinski definition) is 5. The first-order chi connectivity index (χ1) is 19.3. The smallest absolute Gasteiger partial charge is 0.332 e. The first kappa shape index (κ1) is 27.9. The summed E-state index contributed by atoms with van der Waals surface area (Å²) in [6.07, 6.45) is 3.46. The number of benzene rings is 2. The summed E-state index contributed by atoms with van der Waals surface area (Å²) >= 11 is 12.2. The van der Waals surface area contributed by atoms with Crippen molar-refractivity contribution in [3.8, 4) is 0 Å². The van der Waals surface area contributed by atoms with Gasteiger partial charge in [-0.15, -0.1) is 0 Å². The largest absolute Gasteiger partial charge is 0.345 e. The number of nitrogens with one attached hydrogen (secondary N) is 1. The maximum atomic E-state index is 13.3. The summed E-state index contributed by atoms with van der Waals surface area (Å²) in [4.78, 5) is 35.1. The van der Waals surface area contributed by atoms with Gasteiger partial charge in [0.05, 0.1) is 6.54 Å². The van der Waals surface area contributed by atoms with Gasteiger partial charge in [0.2, 0.25) is 5.95 Å². The molecule has 5 rings (SSSR count). The zero-order chi connectivity index (χ0) is 28.4. The third-order valence-electron chi connectivity index (χ3n) is 7.49. The van der Waals surface area contributed by atoms with Crippen LogP contribution in [0.2, 0.25) is 5.02 Å². The average molecular weight is 580 g/mol. The lowest BCUT2D eigenvalue weighted by Gasteiger charge is -2.36. The number of piperazine rings is 1. The van der Waals surface area contributed by atoms with E-state index < -0.39 is 5.69 Å². The minimum Gasteiger partial charge on any atom is -0.345 e. The van der Waals surface area contributed by atoms with E-state index in [0.29, 0.717) is 60.0 Å². The van der Waals surface area contributed by atoms with Crippen molar-refractivity contribution in [1.29, 1.82) is 0 Å². The topological polar surface area (TPSA) is 80.3 Å². The molecule has 1 aliphatic heterocycles. The lowest BCUT2D eigenvalue weighted by Crippen LogP contribution is -2.50. The molecule has 11 heteroatoms. The van der Waals surface area contributed by atoms with Crippen LogP contribution < -0.4 is 21.5 Å². The number of aromatic nitrogens is 4. The third-order valence-corrected chi connectivity index (χ3v) is 8.22. The Morgan fingerprint density at radius 2 is 1.70 bits per heavy atom. The number of anilines is 2. The van der Waals surface area contributed by atoms with Crippen LogP contribution in [0.15, 0.2) is 58.1 Å². The first-order valence-corrected chi connectivity index (χ1v) is 14.4. The van der Waals surface area contributed by atoms with E-state index in [0.717, 1.165) is 22.2 Å². The number of imidazole rings is 1. The highest BCUT2D eigenvalue weighted by Crippen LogP contribution is 2.25. The maximum Gasteiger partial charge on any atom is 0.332 e. The van der Waals surface area contributed by atoms with Crippen molar-refractivity contribution in [2.24, 2.45) is 14.1 Å². The fraction of sp³-hybridized carbons (Fsp3) is 0.379. The molecule has 210 valence electrons. The van der Waals surface area contributed by atoms with Crippen LogP contribution >= 0.6 is 23.8 Å². The Morgan fingerprint density at radius 3 is 2.38 bits per heavy atom. The number of halogens is 1. The lowest BCUT2D eigenvalue weighted by atomic mass is 10.1. The second-order valence-electron chi connectivity index (χ2n) is 10.2. The Labute approximate surface area is 243 Å². The summed E-state index contributed by atoms with van der Waals surface area (Å²) in [6.45, 7) is 5.23. The van der Waals surface area contributed by atoms with E-state index in [1.807, 2.05) is 28.8 Å². The van der Waals surface area contributed by atoms with E-state index >= 15 is 0 Å². The van der Waals surface area contributed by atoms with Crippen molar-refractivity contribution in [3.05, 3.63) is 85.5 Å². The van der Waals surface area contributed by atoms with Crippen LogP contribution in [0.25, 0.3) is 11.2 Å². The monoisotopic (exact) mass is 579 g/mol. The average Bonchev–Trinajstić information content (AvgIpc) is 3.35. The van der Waals surface area contributed by atoms with Gasteiger partial charge in [0.15, 0.2) is 16.3 Å². The van der Waals surface area contributed by atoms with E-state index in [4.69, 9.17) is 28.8 Å². The van der Waals surface area contributed by atoms with Crippen molar-refractivity contribution in [3.63, 3.8) is 0 Å². The highest BCUT2D eigenvalue weighted by molar-refractivity contribution is 7.80. The second kappa shape index (κ2) is 11.9. The Balaban J connectivity index is 1.38. The molecule has 1 N–H and O–H groups in total. The van der Waals surface area contributed by atoms with Crippen LogP contribution in [0.1, 0.15) is 30.9 Å². The number of thiocarbonyl (C=S) groups is 1. The van der Waals surface area contributed by atoms with E-state index in [9.17, 15) is 9.59 Å². The predicted molar refractivity (Wildman–Crippen MR) is 166 cm³/mol. The summed E-state index contributed by atoms with van der Waals surface area (Å²) in [5.74, 6) is 0.634. The van der Waals surface area contributed by atoms with Gasteiger partial charge < -0.3 is 15.1 Å². The standard InChI is InChI=1S/C29H34ClN7O2S/c1-4-5-8-20-11-13-22(14-12-20)31-28(40)36-17-15-35(16-18-36)27-32-25-24(26(38)34(3)29(39)33(25)2)37(27)19-21-9-6-7-10-23(21)30/h6-7,9-14H,4-5,8,15-19H2,1-3H3,(H,31,40).